The lowest BCUT2D eigenvalue weighted by molar-refractivity contribution is -0.00746. The third kappa shape index (κ3) is 2.60. The van der Waals surface area contributed by atoms with Crippen molar-refractivity contribution in [2.24, 2.45) is 11.3 Å². The first-order valence-electron chi connectivity index (χ1n) is 10.5. The van der Waals surface area contributed by atoms with Crippen molar-refractivity contribution in [1.29, 1.82) is 0 Å². The summed E-state index contributed by atoms with van der Waals surface area (Å²) < 4.78 is 1.23. The summed E-state index contributed by atoms with van der Waals surface area (Å²) in [4.78, 5) is 10.1. The van der Waals surface area contributed by atoms with Crippen molar-refractivity contribution in [3.05, 3.63) is 83.6 Å². The molecule has 0 amide bonds. The number of pyridine rings is 1. The molecule has 0 radical (unpaired) electrons. The molecule has 3 heteroatoms. The monoisotopic (exact) mass is 396 g/mol. The zero-order valence-corrected chi connectivity index (χ0v) is 17.6. The Balaban J connectivity index is 1.46. The molecule has 1 saturated carbocycles. The smallest absolute Gasteiger partial charge is 0.143 e. The first-order valence-corrected chi connectivity index (χ1v) is 11.3. The molecule has 2 aromatic carbocycles. The quantitative estimate of drug-likeness (QED) is 0.379. The standard InChI is InChI=1S/C26H24N2S/c1-26(2)19-15-20(26)18(14-16-8-4-3-5-9-16)24-17(19)12-13-22(27-24)25-28-21-10-6-7-11-23(21)29-25/h3-13,18-20H,14-15H2,1-2H3/t18-,19-,20+/m0/s1. The number of fused-ring (bicyclic) bond motifs is 1. The molecule has 2 heterocycles. The van der Waals surface area contributed by atoms with Gasteiger partial charge in [0.05, 0.1) is 15.9 Å². The van der Waals surface area contributed by atoms with Crippen LogP contribution in [0.2, 0.25) is 0 Å². The minimum atomic E-state index is 0.367. The molecule has 2 nitrogen and oxygen atoms in total. The maximum atomic E-state index is 5.25. The molecule has 0 aliphatic heterocycles. The van der Waals surface area contributed by atoms with E-state index in [4.69, 9.17) is 9.97 Å². The lowest BCUT2D eigenvalue weighted by atomic mass is 9.44. The molecule has 3 atom stereocenters. The molecule has 3 aliphatic carbocycles. The van der Waals surface area contributed by atoms with Gasteiger partial charge in [-0.3, -0.25) is 0 Å². The highest BCUT2D eigenvalue weighted by molar-refractivity contribution is 7.21. The minimum absolute atomic E-state index is 0.367. The Bertz CT molecular complexity index is 1170. The van der Waals surface area contributed by atoms with Gasteiger partial charge in [-0.15, -0.1) is 11.3 Å². The van der Waals surface area contributed by atoms with Gasteiger partial charge in [0.1, 0.15) is 5.01 Å². The molecule has 3 aliphatic rings. The zero-order chi connectivity index (χ0) is 19.6. The van der Waals surface area contributed by atoms with Crippen LogP contribution in [0.25, 0.3) is 20.9 Å². The normalized spacial score (nSPS) is 24.1. The van der Waals surface area contributed by atoms with E-state index in [2.05, 4.69) is 80.6 Å². The molecule has 2 bridgehead atoms. The molecular weight excluding hydrogens is 372 g/mol. The Morgan fingerprint density at radius 3 is 2.52 bits per heavy atom. The second-order valence-corrected chi connectivity index (χ2v) is 10.2. The summed E-state index contributed by atoms with van der Waals surface area (Å²) in [6.07, 6.45) is 2.38. The van der Waals surface area contributed by atoms with Gasteiger partial charge in [0.25, 0.3) is 0 Å². The van der Waals surface area contributed by atoms with E-state index >= 15 is 0 Å². The highest BCUT2D eigenvalue weighted by Crippen LogP contribution is 2.66. The average molecular weight is 397 g/mol. The fourth-order valence-electron chi connectivity index (χ4n) is 5.65. The largest absolute Gasteiger partial charge is 0.250 e. The van der Waals surface area contributed by atoms with Gasteiger partial charge in [0, 0.05) is 11.6 Å². The Morgan fingerprint density at radius 1 is 0.931 bits per heavy atom. The number of benzene rings is 2. The van der Waals surface area contributed by atoms with Gasteiger partial charge in [-0.25, -0.2) is 9.97 Å². The first-order chi connectivity index (χ1) is 14.1. The highest BCUT2D eigenvalue weighted by Gasteiger charge is 2.57. The van der Waals surface area contributed by atoms with E-state index in [0.717, 1.165) is 22.6 Å². The molecule has 144 valence electrons. The van der Waals surface area contributed by atoms with Crippen molar-refractivity contribution >= 4 is 21.6 Å². The van der Waals surface area contributed by atoms with Crippen molar-refractivity contribution in [3.63, 3.8) is 0 Å². The predicted octanol–water partition coefficient (Wildman–Crippen LogP) is 6.83. The number of aromatic nitrogens is 2. The summed E-state index contributed by atoms with van der Waals surface area (Å²) in [5.74, 6) is 1.84. The molecule has 7 rings (SSSR count). The summed E-state index contributed by atoms with van der Waals surface area (Å²) in [6, 6.07) is 23.8. The van der Waals surface area contributed by atoms with Crippen LogP contribution in [-0.4, -0.2) is 9.97 Å². The van der Waals surface area contributed by atoms with Crippen LogP contribution < -0.4 is 0 Å². The van der Waals surface area contributed by atoms with E-state index in [9.17, 15) is 0 Å². The number of hydrogen-bond acceptors (Lipinski definition) is 3. The van der Waals surface area contributed by atoms with Gasteiger partial charge >= 0.3 is 0 Å². The Hall–Kier alpha value is -2.52. The van der Waals surface area contributed by atoms with E-state index in [1.165, 1.54) is 27.9 Å². The number of nitrogens with zero attached hydrogens (tertiary/aromatic N) is 2. The predicted molar refractivity (Wildman–Crippen MR) is 120 cm³/mol. The van der Waals surface area contributed by atoms with Gasteiger partial charge in [0.2, 0.25) is 0 Å². The van der Waals surface area contributed by atoms with Crippen molar-refractivity contribution < 1.29 is 0 Å². The van der Waals surface area contributed by atoms with Gasteiger partial charge in [-0.1, -0.05) is 62.4 Å². The van der Waals surface area contributed by atoms with E-state index in [1.54, 1.807) is 11.3 Å². The van der Waals surface area contributed by atoms with Gasteiger partial charge in [-0.05, 0) is 59.4 Å². The van der Waals surface area contributed by atoms with E-state index in [1.807, 2.05) is 0 Å². The number of rotatable bonds is 3. The first kappa shape index (κ1) is 17.3. The highest BCUT2D eigenvalue weighted by atomic mass is 32.1. The van der Waals surface area contributed by atoms with Gasteiger partial charge in [-0.2, -0.15) is 0 Å². The number of para-hydroxylation sites is 1. The SMILES string of the molecule is CC1(C)[C@@H]2C[C@H]1c1ccc(-c3nc4ccccc4s3)nc1[C@H]2Cc1ccccc1. The average Bonchev–Trinajstić information content (AvgIpc) is 3.18. The van der Waals surface area contributed by atoms with Crippen LogP contribution in [-0.2, 0) is 6.42 Å². The summed E-state index contributed by atoms with van der Waals surface area (Å²) in [6.45, 7) is 4.91. The fraction of sp³-hybridized carbons (Fsp3) is 0.308. The molecule has 4 aromatic rings. The minimum Gasteiger partial charge on any atom is -0.250 e. The molecular formula is C26H24N2S. The Labute approximate surface area is 175 Å². The third-order valence-corrected chi connectivity index (χ3v) is 8.38. The summed E-state index contributed by atoms with van der Waals surface area (Å²) in [5, 5.41) is 1.03. The lowest BCUT2D eigenvalue weighted by Crippen LogP contribution is -2.51. The van der Waals surface area contributed by atoms with E-state index in [0.29, 0.717) is 23.2 Å². The lowest BCUT2D eigenvalue weighted by Gasteiger charge is -2.60. The van der Waals surface area contributed by atoms with Crippen LogP contribution >= 0.6 is 11.3 Å². The summed E-state index contributed by atoms with van der Waals surface area (Å²) >= 11 is 1.74. The number of hydrogen-bond donors (Lipinski definition) is 0. The second-order valence-electron chi connectivity index (χ2n) is 9.17. The van der Waals surface area contributed by atoms with Gasteiger partial charge < -0.3 is 0 Å². The molecule has 0 N–H and O–H groups in total. The maximum absolute atomic E-state index is 5.25. The van der Waals surface area contributed by atoms with E-state index < -0.39 is 0 Å². The van der Waals surface area contributed by atoms with Crippen LogP contribution in [0.1, 0.15) is 48.9 Å². The zero-order valence-electron chi connectivity index (χ0n) is 16.8. The molecule has 0 unspecified atom stereocenters. The van der Waals surface area contributed by atoms with Crippen molar-refractivity contribution in [3.8, 4) is 10.7 Å². The van der Waals surface area contributed by atoms with E-state index in [-0.39, 0.29) is 0 Å². The van der Waals surface area contributed by atoms with Crippen LogP contribution in [0.15, 0.2) is 66.7 Å². The second kappa shape index (κ2) is 6.24. The molecule has 29 heavy (non-hydrogen) atoms. The van der Waals surface area contributed by atoms with Crippen molar-refractivity contribution in [2.45, 2.75) is 38.5 Å². The number of thiazole rings is 1. The molecule has 0 spiro atoms. The van der Waals surface area contributed by atoms with Gasteiger partial charge in [0.15, 0.2) is 0 Å². The third-order valence-electron chi connectivity index (χ3n) is 7.32. The molecule has 2 aromatic heterocycles. The Morgan fingerprint density at radius 2 is 1.72 bits per heavy atom. The summed E-state index contributed by atoms with van der Waals surface area (Å²) in [5.41, 5.74) is 6.68. The van der Waals surface area contributed by atoms with Crippen LogP contribution in [0.4, 0.5) is 0 Å². The van der Waals surface area contributed by atoms with Crippen LogP contribution in [0.3, 0.4) is 0 Å². The summed E-state index contributed by atoms with van der Waals surface area (Å²) in [7, 11) is 0. The fourth-order valence-corrected chi connectivity index (χ4v) is 6.58. The maximum Gasteiger partial charge on any atom is 0.143 e. The van der Waals surface area contributed by atoms with Crippen molar-refractivity contribution in [2.75, 3.05) is 0 Å². The van der Waals surface area contributed by atoms with Crippen LogP contribution in [0.5, 0.6) is 0 Å². The van der Waals surface area contributed by atoms with Crippen LogP contribution in [0, 0.1) is 11.3 Å². The molecule has 0 saturated heterocycles. The Kier molecular flexibility index (Phi) is 3.73. The van der Waals surface area contributed by atoms with Crippen molar-refractivity contribution in [1.82, 2.24) is 9.97 Å². The topological polar surface area (TPSA) is 25.8 Å². The molecule has 1 fully saturated rings.